The topological polar surface area (TPSA) is 70.5 Å². The number of aromatic nitrogens is 2. The predicted octanol–water partition coefficient (Wildman–Crippen LogP) is 2.24. The van der Waals surface area contributed by atoms with Gasteiger partial charge in [0.25, 0.3) is 0 Å². The van der Waals surface area contributed by atoms with Crippen LogP contribution in [0.2, 0.25) is 0 Å². The second-order valence-electron chi connectivity index (χ2n) is 6.56. The molecule has 7 nitrogen and oxygen atoms in total. The number of nitrogens with zero attached hydrogens (tertiary/aromatic N) is 4. The summed E-state index contributed by atoms with van der Waals surface area (Å²) in [5, 5.41) is 6.44. The smallest absolute Gasteiger partial charge is 0.337 e. The summed E-state index contributed by atoms with van der Waals surface area (Å²) in [5.74, 6) is -1.49. The molecule has 0 aliphatic rings. The molecule has 28 heavy (non-hydrogen) atoms. The highest BCUT2D eigenvalue weighted by Crippen LogP contribution is 2.29. The zero-order valence-electron chi connectivity index (χ0n) is 15.8. The number of nitrogens with one attached hydrogen (secondary N) is 1. The van der Waals surface area contributed by atoms with Gasteiger partial charge in [-0.05, 0) is 51.3 Å². The van der Waals surface area contributed by atoms with Crippen LogP contribution in [0.4, 0.5) is 18.9 Å². The largest absolute Gasteiger partial charge is 0.416 e. The molecular weight excluding hydrogens is 375 g/mol. The highest BCUT2D eigenvalue weighted by Gasteiger charge is 2.30. The molecule has 0 aliphatic heterocycles. The van der Waals surface area contributed by atoms with Crippen molar-refractivity contribution in [3.05, 3.63) is 42.2 Å². The number of benzene rings is 1. The minimum absolute atomic E-state index is 0.264. The van der Waals surface area contributed by atoms with Crippen molar-refractivity contribution >= 4 is 17.5 Å². The number of anilines is 1. The quantitative estimate of drug-likeness (QED) is 0.759. The van der Waals surface area contributed by atoms with Crippen LogP contribution in [0.5, 0.6) is 0 Å². The Labute approximate surface area is 160 Å². The van der Waals surface area contributed by atoms with Gasteiger partial charge >= 0.3 is 18.0 Å². The molecule has 1 aromatic carbocycles. The van der Waals surface area contributed by atoms with E-state index in [1.165, 1.54) is 34.1 Å². The van der Waals surface area contributed by atoms with E-state index in [1.807, 2.05) is 19.0 Å². The Hall–Kier alpha value is -2.88. The first kappa shape index (κ1) is 21.4. The van der Waals surface area contributed by atoms with Crippen molar-refractivity contribution in [2.75, 3.05) is 39.5 Å². The van der Waals surface area contributed by atoms with Gasteiger partial charge < -0.3 is 15.1 Å². The maximum atomic E-state index is 12.6. The summed E-state index contributed by atoms with van der Waals surface area (Å²) < 4.78 is 39.2. The number of carbonyl (C=O) groups is 2. The Morgan fingerprint density at radius 2 is 1.75 bits per heavy atom. The maximum absolute atomic E-state index is 12.6. The molecule has 0 fully saturated rings. The molecule has 1 aromatic heterocycles. The Bertz CT molecular complexity index is 815. The number of halogens is 3. The summed E-state index contributed by atoms with van der Waals surface area (Å²) in [4.78, 5) is 27.5. The molecular formula is C18H22F3N5O2. The lowest BCUT2D eigenvalue weighted by molar-refractivity contribution is -0.142. The molecule has 2 amide bonds. The number of likely N-dealkylation sites (N-methyl/N-ethyl adjacent to an activating group) is 1. The molecule has 0 aliphatic carbocycles. The molecule has 152 valence electrons. The fraction of sp³-hybridized carbons (Fsp3) is 0.389. The van der Waals surface area contributed by atoms with Gasteiger partial charge in [-0.25, -0.2) is 4.68 Å². The molecule has 0 unspecified atom stereocenters. The van der Waals surface area contributed by atoms with Crippen molar-refractivity contribution in [2.24, 2.45) is 0 Å². The van der Waals surface area contributed by atoms with E-state index < -0.39 is 23.6 Å². The molecule has 0 bridgehead atoms. The monoisotopic (exact) mass is 397 g/mol. The van der Waals surface area contributed by atoms with Crippen molar-refractivity contribution in [3.63, 3.8) is 0 Å². The summed E-state index contributed by atoms with van der Waals surface area (Å²) in [6, 6.07) is 4.43. The van der Waals surface area contributed by atoms with Crippen LogP contribution in [0.15, 0.2) is 36.7 Å². The van der Waals surface area contributed by atoms with Crippen LogP contribution >= 0.6 is 0 Å². The third-order valence-corrected chi connectivity index (χ3v) is 3.94. The van der Waals surface area contributed by atoms with Crippen LogP contribution in [-0.2, 0) is 15.8 Å². The van der Waals surface area contributed by atoms with E-state index in [2.05, 4.69) is 10.4 Å². The summed E-state index contributed by atoms with van der Waals surface area (Å²) in [7, 11) is 5.38. The van der Waals surface area contributed by atoms with Crippen LogP contribution in [-0.4, -0.2) is 65.6 Å². The van der Waals surface area contributed by atoms with E-state index in [-0.39, 0.29) is 5.69 Å². The number of amides is 2. The van der Waals surface area contributed by atoms with Gasteiger partial charge in [-0.2, -0.15) is 18.3 Å². The van der Waals surface area contributed by atoms with Crippen molar-refractivity contribution in [1.82, 2.24) is 19.6 Å². The third-order valence-electron chi connectivity index (χ3n) is 3.94. The van der Waals surface area contributed by atoms with Gasteiger partial charge in [0.15, 0.2) is 0 Å². The summed E-state index contributed by atoms with van der Waals surface area (Å²) in [6.45, 7) is 1.23. The van der Waals surface area contributed by atoms with E-state index in [0.717, 1.165) is 25.1 Å². The average molecular weight is 397 g/mol. The second-order valence-corrected chi connectivity index (χ2v) is 6.56. The zero-order chi connectivity index (χ0) is 20.9. The maximum Gasteiger partial charge on any atom is 0.416 e. The molecule has 1 N–H and O–H groups in total. The van der Waals surface area contributed by atoms with Crippen molar-refractivity contribution < 1.29 is 22.8 Å². The highest BCUT2D eigenvalue weighted by molar-refractivity contribution is 6.39. The summed E-state index contributed by atoms with van der Waals surface area (Å²) >= 11 is 0. The first-order chi connectivity index (χ1) is 13.1. The molecule has 2 rings (SSSR count). The lowest BCUT2D eigenvalue weighted by atomic mass is 10.2. The third kappa shape index (κ3) is 5.81. The average Bonchev–Trinajstić information content (AvgIpc) is 3.08. The molecule has 0 atom stereocenters. The molecule has 0 spiro atoms. The lowest BCUT2D eigenvalue weighted by Gasteiger charge is -2.17. The SMILES string of the molecule is CN(C)CCCN(C)C(=O)C(=O)Nc1cnn(-c2ccc(C(F)(F)F)cc2)c1. The van der Waals surface area contributed by atoms with Crippen LogP contribution in [0, 0.1) is 0 Å². The van der Waals surface area contributed by atoms with Gasteiger partial charge in [0, 0.05) is 13.6 Å². The predicted molar refractivity (Wildman–Crippen MR) is 98.0 cm³/mol. The van der Waals surface area contributed by atoms with Crippen LogP contribution in [0.1, 0.15) is 12.0 Å². The highest BCUT2D eigenvalue weighted by atomic mass is 19.4. The Morgan fingerprint density at radius 1 is 1.11 bits per heavy atom. The van der Waals surface area contributed by atoms with Gasteiger partial charge in [0.1, 0.15) is 0 Å². The van der Waals surface area contributed by atoms with Crippen LogP contribution < -0.4 is 5.32 Å². The van der Waals surface area contributed by atoms with Gasteiger partial charge in [0.2, 0.25) is 0 Å². The molecule has 0 radical (unpaired) electrons. The van der Waals surface area contributed by atoms with E-state index in [0.29, 0.717) is 12.2 Å². The van der Waals surface area contributed by atoms with Crippen molar-refractivity contribution in [1.29, 1.82) is 0 Å². The fourth-order valence-electron chi connectivity index (χ4n) is 2.42. The van der Waals surface area contributed by atoms with Crippen molar-refractivity contribution in [3.8, 4) is 5.69 Å². The Kier molecular flexibility index (Phi) is 6.79. The van der Waals surface area contributed by atoms with E-state index in [9.17, 15) is 22.8 Å². The minimum atomic E-state index is -4.42. The summed E-state index contributed by atoms with van der Waals surface area (Å²) in [6.07, 6.45) is -0.955. The number of hydrogen-bond acceptors (Lipinski definition) is 4. The number of rotatable bonds is 6. The van der Waals surface area contributed by atoms with Gasteiger partial charge in [-0.1, -0.05) is 0 Å². The fourth-order valence-corrected chi connectivity index (χ4v) is 2.42. The number of alkyl halides is 3. The Balaban J connectivity index is 1.96. The number of hydrogen-bond donors (Lipinski definition) is 1. The zero-order valence-corrected chi connectivity index (χ0v) is 15.8. The van der Waals surface area contributed by atoms with Crippen LogP contribution in [0.3, 0.4) is 0 Å². The molecule has 0 saturated heterocycles. The molecule has 1 heterocycles. The standard InChI is InChI=1S/C18H22F3N5O2/c1-24(2)9-4-10-25(3)17(28)16(27)23-14-11-22-26(12-14)15-7-5-13(6-8-15)18(19,20)21/h5-8,11-12H,4,9-10H2,1-3H3,(H,23,27). The normalized spacial score (nSPS) is 11.5. The summed E-state index contributed by atoms with van der Waals surface area (Å²) in [5.41, 5.74) is -0.111. The molecule has 0 saturated carbocycles. The van der Waals surface area contributed by atoms with E-state index in [1.54, 1.807) is 7.05 Å². The first-order valence-electron chi connectivity index (χ1n) is 8.51. The van der Waals surface area contributed by atoms with Crippen molar-refractivity contribution in [2.45, 2.75) is 12.6 Å². The van der Waals surface area contributed by atoms with E-state index in [4.69, 9.17) is 0 Å². The van der Waals surface area contributed by atoms with E-state index >= 15 is 0 Å². The van der Waals surface area contributed by atoms with Crippen LogP contribution in [0.25, 0.3) is 5.69 Å². The Morgan fingerprint density at radius 3 is 2.32 bits per heavy atom. The minimum Gasteiger partial charge on any atom is -0.337 e. The molecule has 10 heteroatoms. The lowest BCUT2D eigenvalue weighted by Crippen LogP contribution is -2.38. The second kappa shape index (κ2) is 8.87. The number of carbonyl (C=O) groups excluding carboxylic acids is 2. The first-order valence-corrected chi connectivity index (χ1v) is 8.51. The van der Waals surface area contributed by atoms with Gasteiger partial charge in [0.05, 0.1) is 29.3 Å². The molecule has 2 aromatic rings. The van der Waals surface area contributed by atoms with Gasteiger partial charge in [-0.3, -0.25) is 9.59 Å². The van der Waals surface area contributed by atoms with Gasteiger partial charge in [-0.15, -0.1) is 0 Å².